The summed E-state index contributed by atoms with van der Waals surface area (Å²) >= 11 is 0. The molecule has 0 fully saturated rings. The summed E-state index contributed by atoms with van der Waals surface area (Å²) in [4.78, 5) is 0.130. The van der Waals surface area contributed by atoms with E-state index in [0.717, 1.165) is 19.3 Å². The molecule has 1 aromatic rings. The van der Waals surface area contributed by atoms with Crippen molar-refractivity contribution in [3.05, 3.63) is 29.1 Å². The molecule has 1 aromatic carbocycles. The molecule has 0 spiro atoms. The van der Waals surface area contributed by atoms with Gasteiger partial charge in [0.25, 0.3) is 0 Å². The Labute approximate surface area is 127 Å². The van der Waals surface area contributed by atoms with Crippen LogP contribution in [0.4, 0.5) is 4.39 Å². The second-order valence-corrected chi connectivity index (χ2v) is 6.87. The molecule has 0 radical (unpaired) electrons. The van der Waals surface area contributed by atoms with Crippen LogP contribution < -0.4 is 10.0 Å². The Balaban J connectivity index is 2.93. The van der Waals surface area contributed by atoms with Gasteiger partial charge in [-0.25, -0.2) is 17.5 Å². The van der Waals surface area contributed by atoms with Crippen LogP contribution in [0.1, 0.15) is 44.2 Å². The van der Waals surface area contributed by atoms with Crippen molar-refractivity contribution in [1.82, 2.24) is 10.0 Å². The average molecular weight is 316 g/mol. The maximum absolute atomic E-state index is 14.0. The van der Waals surface area contributed by atoms with E-state index < -0.39 is 10.0 Å². The quantitative estimate of drug-likeness (QED) is 0.689. The van der Waals surface area contributed by atoms with E-state index in [1.165, 1.54) is 12.1 Å². The van der Waals surface area contributed by atoms with Crippen LogP contribution in [0.25, 0.3) is 0 Å². The van der Waals surface area contributed by atoms with Gasteiger partial charge in [0.2, 0.25) is 10.0 Å². The van der Waals surface area contributed by atoms with Crippen molar-refractivity contribution >= 4 is 10.0 Å². The van der Waals surface area contributed by atoms with E-state index in [9.17, 15) is 12.8 Å². The van der Waals surface area contributed by atoms with Crippen LogP contribution >= 0.6 is 0 Å². The van der Waals surface area contributed by atoms with E-state index >= 15 is 0 Å². The van der Waals surface area contributed by atoms with Gasteiger partial charge in [0, 0.05) is 18.7 Å². The first-order valence-electron chi connectivity index (χ1n) is 7.41. The van der Waals surface area contributed by atoms with E-state index in [1.807, 2.05) is 6.92 Å². The summed E-state index contributed by atoms with van der Waals surface area (Å²) in [5, 5.41) is 3.02. The Morgan fingerprint density at radius 3 is 2.52 bits per heavy atom. The molecule has 0 heterocycles. The summed E-state index contributed by atoms with van der Waals surface area (Å²) < 4.78 is 41.0. The van der Waals surface area contributed by atoms with Gasteiger partial charge < -0.3 is 5.32 Å². The third-order valence-electron chi connectivity index (χ3n) is 3.25. The van der Waals surface area contributed by atoms with Crippen molar-refractivity contribution in [2.45, 2.75) is 51.5 Å². The number of benzene rings is 1. The number of sulfonamides is 1. The monoisotopic (exact) mass is 316 g/mol. The number of hydrogen-bond acceptors (Lipinski definition) is 3. The minimum atomic E-state index is -3.57. The molecule has 0 aromatic heterocycles. The van der Waals surface area contributed by atoms with Gasteiger partial charge in [0.15, 0.2) is 0 Å². The van der Waals surface area contributed by atoms with Crippen molar-refractivity contribution in [1.29, 1.82) is 0 Å². The first kappa shape index (κ1) is 18.1. The molecule has 0 atom stereocenters. The number of halogens is 1. The van der Waals surface area contributed by atoms with Gasteiger partial charge in [-0.2, -0.15) is 0 Å². The smallest absolute Gasteiger partial charge is 0.240 e. The first-order valence-corrected chi connectivity index (χ1v) is 8.90. The molecule has 0 saturated carbocycles. The van der Waals surface area contributed by atoms with Gasteiger partial charge in [0.05, 0.1) is 4.90 Å². The SMILES string of the molecule is CCCCCNS(=O)(=O)c1cc(C)c(F)c(CNCC)c1. The summed E-state index contributed by atoms with van der Waals surface area (Å²) in [7, 11) is -3.57. The summed E-state index contributed by atoms with van der Waals surface area (Å²) in [6.07, 6.45) is 2.82. The first-order chi connectivity index (χ1) is 9.92. The Morgan fingerprint density at radius 1 is 1.19 bits per heavy atom. The van der Waals surface area contributed by atoms with Crippen LogP contribution in [0.5, 0.6) is 0 Å². The molecule has 0 saturated heterocycles. The summed E-state index contributed by atoms with van der Waals surface area (Å²) in [5.74, 6) is -0.346. The van der Waals surface area contributed by atoms with Gasteiger partial charge in [-0.05, 0) is 37.6 Å². The highest BCUT2D eigenvalue weighted by molar-refractivity contribution is 7.89. The zero-order valence-electron chi connectivity index (χ0n) is 13.0. The fourth-order valence-corrected chi connectivity index (χ4v) is 3.22. The van der Waals surface area contributed by atoms with Crippen molar-refractivity contribution in [3.8, 4) is 0 Å². The molecular weight excluding hydrogens is 291 g/mol. The maximum Gasteiger partial charge on any atom is 0.240 e. The normalized spacial score (nSPS) is 11.8. The van der Waals surface area contributed by atoms with Crippen molar-refractivity contribution in [3.63, 3.8) is 0 Å². The second kappa shape index (κ2) is 8.46. The lowest BCUT2D eigenvalue weighted by atomic mass is 10.1. The van der Waals surface area contributed by atoms with E-state index in [1.54, 1.807) is 6.92 Å². The van der Waals surface area contributed by atoms with E-state index in [2.05, 4.69) is 17.0 Å². The maximum atomic E-state index is 14.0. The third-order valence-corrected chi connectivity index (χ3v) is 4.69. The van der Waals surface area contributed by atoms with Gasteiger partial charge in [-0.1, -0.05) is 26.7 Å². The Kier molecular flexibility index (Phi) is 7.28. The van der Waals surface area contributed by atoms with Crippen LogP contribution in [-0.4, -0.2) is 21.5 Å². The Bertz CT molecular complexity index is 559. The molecule has 2 N–H and O–H groups in total. The van der Waals surface area contributed by atoms with E-state index in [4.69, 9.17) is 0 Å². The molecule has 6 heteroatoms. The molecule has 4 nitrogen and oxygen atoms in total. The summed E-state index contributed by atoms with van der Waals surface area (Å²) in [6, 6.07) is 2.79. The molecule has 21 heavy (non-hydrogen) atoms. The van der Waals surface area contributed by atoms with Gasteiger partial charge in [-0.3, -0.25) is 0 Å². The van der Waals surface area contributed by atoms with Crippen LogP contribution in [0.3, 0.4) is 0 Å². The van der Waals surface area contributed by atoms with Crippen LogP contribution in [0, 0.1) is 12.7 Å². The predicted octanol–water partition coefficient (Wildman–Crippen LogP) is 2.71. The highest BCUT2D eigenvalue weighted by atomic mass is 32.2. The lowest BCUT2D eigenvalue weighted by Gasteiger charge is -2.11. The number of rotatable bonds is 9. The van der Waals surface area contributed by atoms with Gasteiger partial charge >= 0.3 is 0 Å². The Morgan fingerprint density at radius 2 is 1.90 bits per heavy atom. The van der Waals surface area contributed by atoms with Gasteiger partial charge in [-0.15, -0.1) is 0 Å². The fraction of sp³-hybridized carbons (Fsp3) is 0.600. The minimum absolute atomic E-state index is 0.130. The molecule has 0 bridgehead atoms. The van der Waals surface area contributed by atoms with Crippen molar-refractivity contribution in [2.75, 3.05) is 13.1 Å². The van der Waals surface area contributed by atoms with Crippen LogP contribution in [0.2, 0.25) is 0 Å². The molecular formula is C15H25FN2O2S. The van der Waals surface area contributed by atoms with Crippen LogP contribution in [0.15, 0.2) is 17.0 Å². The van der Waals surface area contributed by atoms with E-state index in [0.29, 0.717) is 30.8 Å². The molecule has 0 unspecified atom stereocenters. The molecule has 1 rings (SSSR count). The largest absolute Gasteiger partial charge is 0.313 e. The minimum Gasteiger partial charge on any atom is -0.313 e. The average Bonchev–Trinajstić information content (AvgIpc) is 2.45. The summed E-state index contributed by atoms with van der Waals surface area (Å²) in [5.41, 5.74) is 0.727. The molecule has 120 valence electrons. The van der Waals surface area contributed by atoms with Crippen molar-refractivity contribution in [2.24, 2.45) is 0 Å². The highest BCUT2D eigenvalue weighted by Crippen LogP contribution is 2.19. The zero-order chi connectivity index (χ0) is 15.9. The van der Waals surface area contributed by atoms with Crippen molar-refractivity contribution < 1.29 is 12.8 Å². The summed E-state index contributed by atoms with van der Waals surface area (Å²) in [6.45, 7) is 6.99. The number of unbranched alkanes of at least 4 members (excludes halogenated alkanes) is 2. The Hall–Kier alpha value is -0.980. The van der Waals surface area contributed by atoms with Crippen LogP contribution in [-0.2, 0) is 16.6 Å². The number of nitrogens with one attached hydrogen (secondary N) is 2. The zero-order valence-corrected chi connectivity index (χ0v) is 13.8. The van der Waals surface area contributed by atoms with E-state index in [-0.39, 0.29) is 10.7 Å². The standard InChI is InChI=1S/C15H25FN2O2S/c1-4-6-7-8-18-21(19,20)14-9-12(3)15(16)13(10-14)11-17-5-2/h9-10,17-18H,4-8,11H2,1-3H3. The fourth-order valence-electron chi connectivity index (χ4n) is 2.02. The number of aryl methyl sites for hydroxylation is 1. The lowest BCUT2D eigenvalue weighted by molar-refractivity contribution is 0.569. The molecule has 0 amide bonds. The lowest BCUT2D eigenvalue weighted by Crippen LogP contribution is -2.25. The predicted molar refractivity (Wildman–Crippen MR) is 83.2 cm³/mol. The number of hydrogen-bond donors (Lipinski definition) is 2. The topological polar surface area (TPSA) is 58.2 Å². The molecule has 0 aliphatic heterocycles. The third kappa shape index (κ3) is 5.37. The molecule has 0 aliphatic carbocycles. The molecule has 0 aliphatic rings. The van der Waals surface area contributed by atoms with Gasteiger partial charge in [0.1, 0.15) is 5.82 Å². The second-order valence-electron chi connectivity index (χ2n) is 5.10. The highest BCUT2D eigenvalue weighted by Gasteiger charge is 2.17.